The molecule has 0 saturated heterocycles. The van der Waals surface area contributed by atoms with E-state index in [9.17, 15) is 4.79 Å². The maximum atomic E-state index is 12.0. The topological polar surface area (TPSA) is 38.3 Å². The molecule has 0 aliphatic rings. The van der Waals surface area contributed by atoms with Gasteiger partial charge >= 0.3 is 0 Å². The Morgan fingerprint density at radius 2 is 2.00 bits per heavy atom. The van der Waals surface area contributed by atoms with Crippen LogP contribution >= 0.6 is 11.6 Å². The molecule has 0 aliphatic heterocycles. The highest BCUT2D eigenvalue weighted by molar-refractivity contribution is 6.33. The van der Waals surface area contributed by atoms with Gasteiger partial charge in [-0.05, 0) is 30.2 Å². The van der Waals surface area contributed by atoms with Crippen LogP contribution in [0.5, 0.6) is 5.75 Å². The van der Waals surface area contributed by atoms with Gasteiger partial charge in [0.1, 0.15) is 5.75 Å². The monoisotopic (exact) mass is 289 g/mol. The first-order chi connectivity index (χ1) is 9.60. The van der Waals surface area contributed by atoms with Crippen LogP contribution in [0.3, 0.4) is 0 Å². The summed E-state index contributed by atoms with van der Waals surface area (Å²) in [5.74, 6) is 0.568. The third kappa shape index (κ3) is 3.52. The molecular formula is C16H16ClNO2. The molecule has 0 radical (unpaired) electrons. The zero-order valence-electron chi connectivity index (χ0n) is 11.4. The lowest BCUT2D eigenvalue weighted by molar-refractivity contribution is -0.115. The van der Waals surface area contributed by atoms with E-state index in [1.807, 2.05) is 31.2 Å². The molecule has 0 atom stereocenters. The molecule has 20 heavy (non-hydrogen) atoms. The van der Waals surface area contributed by atoms with Crippen molar-refractivity contribution >= 4 is 23.2 Å². The molecule has 3 nitrogen and oxygen atoms in total. The van der Waals surface area contributed by atoms with Gasteiger partial charge in [0, 0.05) is 6.07 Å². The normalized spacial score (nSPS) is 10.2. The number of benzene rings is 2. The molecule has 4 heteroatoms. The van der Waals surface area contributed by atoms with Gasteiger partial charge in [0.05, 0.1) is 24.2 Å². The number of carbonyl (C=O) groups excluding carboxylic acids is 1. The van der Waals surface area contributed by atoms with Crippen LogP contribution in [-0.2, 0) is 11.2 Å². The van der Waals surface area contributed by atoms with E-state index >= 15 is 0 Å². The largest absolute Gasteiger partial charge is 0.497 e. The van der Waals surface area contributed by atoms with Crippen molar-refractivity contribution in [2.45, 2.75) is 13.3 Å². The Morgan fingerprint density at radius 1 is 1.25 bits per heavy atom. The number of ether oxygens (including phenoxy) is 1. The Bertz CT molecular complexity index is 626. The summed E-state index contributed by atoms with van der Waals surface area (Å²) in [4.78, 5) is 12.0. The van der Waals surface area contributed by atoms with Gasteiger partial charge in [-0.3, -0.25) is 4.79 Å². The number of aryl methyl sites for hydroxylation is 1. The van der Waals surface area contributed by atoms with Crippen molar-refractivity contribution in [1.82, 2.24) is 0 Å². The Kier molecular flexibility index (Phi) is 4.64. The quantitative estimate of drug-likeness (QED) is 0.929. The first-order valence-corrected chi connectivity index (χ1v) is 6.66. The van der Waals surface area contributed by atoms with E-state index in [-0.39, 0.29) is 5.91 Å². The molecule has 0 fully saturated rings. The molecular weight excluding hydrogens is 274 g/mol. The molecule has 0 aromatic heterocycles. The van der Waals surface area contributed by atoms with Crippen LogP contribution in [0, 0.1) is 6.92 Å². The molecule has 1 N–H and O–H groups in total. The summed E-state index contributed by atoms with van der Waals surface area (Å²) in [5.41, 5.74) is 2.70. The summed E-state index contributed by atoms with van der Waals surface area (Å²) in [7, 11) is 1.57. The molecule has 2 rings (SSSR count). The lowest BCUT2D eigenvalue weighted by Gasteiger charge is -2.09. The Morgan fingerprint density at radius 3 is 2.65 bits per heavy atom. The lowest BCUT2D eigenvalue weighted by atomic mass is 10.1. The Balaban J connectivity index is 2.07. The van der Waals surface area contributed by atoms with E-state index in [2.05, 4.69) is 5.32 Å². The van der Waals surface area contributed by atoms with Gasteiger partial charge in [-0.2, -0.15) is 0 Å². The zero-order chi connectivity index (χ0) is 14.5. The number of rotatable bonds is 4. The van der Waals surface area contributed by atoms with Gasteiger partial charge in [-0.15, -0.1) is 0 Å². The van der Waals surface area contributed by atoms with Gasteiger partial charge in [0.15, 0.2) is 0 Å². The van der Waals surface area contributed by atoms with Gasteiger partial charge in [0.2, 0.25) is 5.91 Å². The predicted octanol–water partition coefficient (Wildman–Crippen LogP) is 3.84. The number of methoxy groups -OCH3 is 1. The van der Waals surface area contributed by atoms with Crippen molar-refractivity contribution in [2.75, 3.05) is 12.4 Å². The van der Waals surface area contributed by atoms with Crippen molar-refractivity contribution in [3.8, 4) is 5.75 Å². The van der Waals surface area contributed by atoms with Gasteiger partial charge in [0.25, 0.3) is 0 Å². The first kappa shape index (κ1) is 14.4. The molecule has 0 unspecified atom stereocenters. The van der Waals surface area contributed by atoms with E-state index in [0.29, 0.717) is 22.9 Å². The predicted molar refractivity (Wildman–Crippen MR) is 81.5 cm³/mol. The highest BCUT2D eigenvalue weighted by Gasteiger charge is 2.09. The van der Waals surface area contributed by atoms with E-state index in [0.717, 1.165) is 11.1 Å². The maximum Gasteiger partial charge on any atom is 0.228 e. The van der Waals surface area contributed by atoms with Crippen molar-refractivity contribution in [3.63, 3.8) is 0 Å². The van der Waals surface area contributed by atoms with Gasteiger partial charge in [-0.25, -0.2) is 0 Å². The van der Waals surface area contributed by atoms with E-state index in [1.54, 1.807) is 25.3 Å². The Labute approximate surface area is 123 Å². The van der Waals surface area contributed by atoms with Crippen LogP contribution < -0.4 is 10.1 Å². The average molecular weight is 290 g/mol. The van der Waals surface area contributed by atoms with Crippen molar-refractivity contribution in [3.05, 3.63) is 58.6 Å². The summed E-state index contributed by atoms with van der Waals surface area (Å²) < 4.78 is 5.07. The second-order valence-electron chi connectivity index (χ2n) is 4.50. The molecule has 2 aromatic rings. The number of nitrogens with one attached hydrogen (secondary N) is 1. The van der Waals surface area contributed by atoms with Crippen molar-refractivity contribution in [1.29, 1.82) is 0 Å². The van der Waals surface area contributed by atoms with Gasteiger partial charge < -0.3 is 10.1 Å². The van der Waals surface area contributed by atoms with Crippen LogP contribution in [0.2, 0.25) is 5.02 Å². The molecule has 0 bridgehead atoms. The van der Waals surface area contributed by atoms with E-state index in [1.165, 1.54) is 0 Å². The standard InChI is InChI=1S/C16H16ClNO2/c1-11-5-3-4-6-12(11)9-16(19)18-15-8-7-13(20-2)10-14(15)17/h3-8,10H,9H2,1-2H3,(H,18,19). The fraction of sp³-hybridized carbons (Fsp3) is 0.188. The second-order valence-corrected chi connectivity index (χ2v) is 4.90. The van der Waals surface area contributed by atoms with Crippen LogP contribution in [-0.4, -0.2) is 13.0 Å². The zero-order valence-corrected chi connectivity index (χ0v) is 12.2. The SMILES string of the molecule is COc1ccc(NC(=O)Cc2ccccc2C)c(Cl)c1. The van der Waals surface area contributed by atoms with Crippen LogP contribution in [0.25, 0.3) is 0 Å². The summed E-state index contributed by atoms with van der Waals surface area (Å²) >= 11 is 6.09. The number of carbonyl (C=O) groups is 1. The Hall–Kier alpha value is -2.00. The van der Waals surface area contributed by atoms with Gasteiger partial charge in [-0.1, -0.05) is 35.9 Å². The molecule has 0 heterocycles. The number of hydrogen-bond donors (Lipinski definition) is 1. The van der Waals surface area contributed by atoms with Crippen LogP contribution in [0.1, 0.15) is 11.1 Å². The summed E-state index contributed by atoms with van der Waals surface area (Å²) in [5, 5.41) is 3.27. The summed E-state index contributed by atoms with van der Waals surface area (Å²) in [6.07, 6.45) is 0.328. The van der Waals surface area contributed by atoms with Crippen molar-refractivity contribution < 1.29 is 9.53 Å². The molecule has 1 amide bonds. The number of amides is 1. The minimum Gasteiger partial charge on any atom is -0.497 e. The summed E-state index contributed by atoms with van der Waals surface area (Å²) in [6.45, 7) is 1.99. The lowest BCUT2D eigenvalue weighted by Crippen LogP contribution is -2.15. The molecule has 0 spiro atoms. The highest BCUT2D eigenvalue weighted by atomic mass is 35.5. The number of hydrogen-bond acceptors (Lipinski definition) is 2. The number of halogens is 1. The smallest absolute Gasteiger partial charge is 0.228 e. The summed E-state index contributed by atoms with van der Waals surface area (Å²) in [6, 6.07) is 13.0. The molecule has 0 aliphatic carbocycles. The van der Waals surface area contributed by atoms with Crippen LogP contribution in [0.15, 0.2) is 42.5 Å². The minimum absolute atomic E-state index is 0.0913. The number of anilines is 1. The fourth-order valence-corrected chi connectivity index (χ4v) is 2.12. The van der Waals surface area contributed by atoms with E-state index < -0.39 is 0 Å². The second kappa shape index (κ2) is 6.44. The average Bonchev–Trinajstić information content (AvgIpc) is 2.43. The third-order valence-electron chi connectivity index (χ3n) is 3.06. The van der Waals surface area contributed by atoms with Crippen molar-refractivity contribution in [2.24, 2.45) is 0 Å². The minimum atomic E-state index is -0.0913. The van der Waals surface area contributed by atoms with E-state index in [4.69, 9.17) is 16.3 Å². The third-order valence-corrected chi connectivity index (χ3v) is 3.38. The molecule has 0 saturated carbocycles. The van der Waals surface area contributed by atoms with Crippen LogP contribution in [0.4, 0.5) is 5.69 Å². The molecule has 2 aromatic carbocycles. The fourth-order valence-electron chi connectivity index (χ4n) is 1.90. The highest BCUT2D eigenvalue weighted by Crippen LogP contribution is 2.26. The maximum absolute atomic E-state index is 12.0. The first-order valence-electron chi connectivity index (χ1n) is 6.28. The molecule has 104 valence electrons.